The van der Waals surface area contributed by atoms with Crippen molar-refractivity contribution < 1.29 is 14.3 Å². The molecule has 0 atom stereocenters. The second kappa shape index (κ2) is 6.94. The minimum absolute atomic E-state index is 0.120. The van der Waals surface area contributed by atoms with Gasteiger partial charge in [-0.3, -0.25) is 4.79 Å². The van der Waals surface area contributed by atoms with E-state index in [0.29, 0.717) is 13.2 Å². The molecule has 0 saturated carbocycles. The van der Waals surface area contributed by atoms with Crippen molar-refractivity contribution >= 4 is 5.91 Å². The smallest absolute Gasteiger partial charge is 0.253 e. The van der Waals surface area contributed by atoms with Crippen LogP contribution < -0.4 is 4.74 Å². The molecule has 2 rings (SSSR count). The third-order valence-electron chi connectivity index (χ3n) is 3.38. The predicted molar refractivity (Wildman–Crippen MR) is 82.8 cm³/mol. The lowest BCUT2D eigenvalue weighted by Crippen LogP contribution is -2.27. The molecule has 0 aromatic heterocycles. The number of amides is 1. The summed E-state index contributed by atoms with van der Waals surface area (Å²) in [7, 11) is 0. The molecule has 1 fully saturated rings. The van der Waals surface area contributed by atoms with Crippen LogP contribution in [0, 0.1) is 0 Å². The number of ether oxygens (including phenoxy) is 2. The highest BCUT2D eigenvalue weighted by Crippen LogP contribution is 2.16. The maximum Gasteiger partial charge on any atom is 0.253 e. The summed E-state index contributed by atoms with van der Waals surface area (Å²) >= 11 is 0. The van der Waals surface area contributed by atoms with Gasteiger partial charge < -0.3 is 14.4 Å². The van der Waals surface area contributed by atoms with Crippen LogP contribution in [0.4, 0.5) is 0 Å². The summed E-state index contributed by atoms with van der Waals surface area (Å²) in [6.45, 7) is 8.88. The fourth-order valence-corrected chi connectivity index (χ4v) is 2.30. The van der Waals surface area contributed by atoms with Gasteiger partial charge in [0.05, 0.1) is 12.2 Å². The van der Waals surface area contributed by atoms with Gasteiger partial charge in [-0.2, -0.15) is 0 Å². The van der Waals surface area contributed by atoms with Crippen molar-refractivity contribution in [1.82, 2.24) is 4.90 Å². The lowest BCUT2D eigenvalue weighted by Gasteiger charge is -2.19. The molecule has 4 nitrogen and oxygen atoms in total. The van der Waals surface area contributed by atoms with Crippen LogP contribution in [-0.2, 0) is 4.74 Å². The zero-order valence-electron chi connectivity index (χ0n) is 13.2. The third-order valence-corrected chi connectivity index (χ3v) is 3.38. The largest absolute Gasteiger partial charge is 0.491 e. The van der Waals surface area contributed by atoms with E-state index in [2.05, 4.69) is 0 Å². The van der Waals surface area contributed by atoms with Crippen LogP contribution in [0.25, 0.3) is 0 Å². The number of benzene rings is 1. The summed E-state index contributed by atoms with van der Waals surface area (Å²) < 4.78 is 11.2. The molecule has 1 aromatic carbocycles. The zero-order chi connectivity index (χ0) is 15.3. The van der Waals surface area contributed by atoms with E-state index in [-0.39, 0.29) is 11.5 Å². The lowest BCUT2D eigenvalue weighted by molar-refractivity contribution is -0.0163. The van der Waals surface area contributed by atoms with Crippen molar-refractivity contribution in [3.63, 3.8) is 0 Å². The molecular weight excluding hydrogens is 266 g/mol. The maximum atomic E-state index is 12.2. The van der Waals surface area contributed by atoms with E-state index >= 15 is 0 Å². The van der Waals surface area contributed by atoms with Crippen LogP contribution in [0.2, 0.25) is 0 Å². The molecule has 1 aliphatic rings. The van der Waals surface area contributed by atoms with Gasteiger partial charge in [-0.05, 0) is 57.9 Å². The summed E-state index contributed by atoms with van der Waals surface area (Å²) in [6, 6.07) is 7.36. The second-order valence-corrected chi connectivity index (χ2v) is 6.33. The number of hydrogen-bond acceptors (Lipinski definition) is 3. The van der Waals surface area contributed by atoms with Gasteiger partial charge >= 0.3 is 0 Å². The number of rotatable bonds is 5. The Balaban J connectivity index is 1.80. The first-order chi connectivity index (χ1) is 9.96. The molecule has 0 radical (unpaired) electrons. The van der Waals surface area contributed by atoms with Crippen LogP contribution in [0.3, 0.4) is 0 Å². The van der Waals surface area contributed by atoms with Crippen molar-refractivity contribution in [2.24, 2.45) is 0 Å². The fourth-order valence-electron chi connectivity index (χ4n) is 2.30. The van der Waals surface area contributed by atoms with Crippen molar-refractivity contribution in [2.75, 3.05) is 26.3 Å². The fraction of sp³-hybridized carbons (Fsp3) is 0.588. The van der Waals surface area contributed by atoms with E-state index in [1.165, 1.54) is 0 Å². The Morgan fingerprint density at radius 1 is 1.10 bits per heavy atom. The summed E-state index contributed by atoms with van der Waals surface area (Å²) in [5, 5.41) is 0. The molecule has 21 heavy (non-hydrogen) atoms. The molecule has 116 valence electrons. The molecule has 1 amide bonds. The highest BCUT2D eigenvalue weighted by Gasteiger charge is 2.19. The van der Waals surface area contributed by atoms with Gasteiger partial charge in [-0.15, -0.1) is 0 Å². The molecule has 0 N–H and O–H groups in total. The number of carbonyl (C=O) groups excluding carboxylic acids is 1. The monoisotopic (exact) mass is 291 g/mol. The van der Waals surface area contributed by atoms with Crippen molar-refractivity contribution in [3.8, 4) is 5.75 Å². The standard InChI is InChI=1S/C17H25NO3/c1-17(2,3)21-13-12-20-15-8-6-14(7-9-15)16(19)18-10-4-5-11-18/h6-9H,4-5,10-13H2,1-3H3. The number of carbonyl (C=O) groups is 1. The summed E-state index contributed by atoms with van der Waals surface area (Å²) in [5.41, 5.74) is 0.588. The molecule has 0 aliphatic carbocycles. The van der Waals surface area contributed by atoms with Gasteiger partial charge in [0.2, 0.25) is 0 Å². The molecule has 1 heterocycles. The zero-order valence-corrected chi connectivity index (χ0v) is 13.2. The number of nitrogens with zero attached hydrogens (tertiary/aromatic N) is 1. The maximum absolute atomic E-state index is 12.2. The average Bonchev–Trinajstić information content (AvgIpc) is 2.96. The van der Waals surface area contributed by atoms with Gasteiger partial charge in [0.1, 0.15) is 12.4 Å². The Morgan fingerprint density at radius 3 is 2.29 bits per heavy atom. The molecule has 0 spiro atoms. The van der Waals surface area contributed by atoms with E-state index in [1.807, 2.05) is 49.9 Å². The van der Waals surface area contributed by atoms with Gasteiger partial charge in [0, 0.05) is 18.7 Å². The van der Waals surface area contributed by atoms with Crippen LogP contribution >= 0.6 is 0 Å². The Morgan fingerprint density at radius 2 is 1.71 bits per heavy atom. The highest BCUT2D eigenvalue weighted by molar-refractivity contribution is 5.94. The third kappa shape index (κ3) is 5.05. The van der Waals surface area contributed by atoms with Crippen LogP contribution in [0.15, 0.2) is 24.3 Å². The van der Waals surface area contributed by atoms with Crippen LogP contribution in [0.5, 0.6) is 5.75 Å². The van der Waals surface area contributed by atoms with Gasteiger partial charge in [-0.25, -0.2) is 0 Å². The van der Waals surface area contributed by atoms with Crippen LogP contribution in [-0.4, -0.2) is 42.7 Å². The van der Waals surface area contributed by atoms with E-state index in [4.69, 9.17) is 9.47 Å². The summed E-state index contributed by atoms with van der Waals surface area (Å²) in [5.74, 6) is 0.889. The SMILES string of the molecule is CC(C)(C)OCCOc1ccc(C(=O)N2CCCC2)cc1. The molecule has 1 aromatic rings. The minimum atomic E-state index is -0.143. The Bertz CT molecular complexity index is 456. The minimum Gasteiger partial charge on any atom is -0.491 e. The van der Waals surface area contributed by atoms with Gasteiger partial charge in [0.25, 0.3) is 5.91 Å². The molecule has 0 unspecified atom stereocenters. The molecular formula is C17H25NO3. The van der Waals surface area contributed by atoms with Gasteiger partial charge in [0.15, 0.2) is 0 Å². The Labute approximate surface area is 127 Å². The van der Waals surface area contributed by atoms with E-state index in [0.717, 1.165) is 37.2 Å². The summed E-state index contributed by atoms with van der Waals surface area (Å²) in [6.07, 6.45) is 2.22. The van der Waals surface area contributed by atoms with E-state index < -0.39 is 0 Å². The topological polar surface area (TPSA) is 38.8 Å². The van der Waals surface area contributed by atoms with Crippen molar-refractivity contribution in [3.05, 3.63) is 29.8 Å². The molecule has 1 aliphatic heterocycles. The number of likely N-dealkylation sites (tertiary alicyclic amines) is 1. The molecule has 4 heteroatoms. The van der Waals surface area contributed by atoms with E-state index in [9.17, 15) is 4.79 Å². The first kappa shape index (κ1) is 15.8. The lowest BCUT2D eigenvalue weighted by atomic mass is 10.2. The quantitative estimate of drug-likeness (QED) is 0.782. The Kier molecular flexibility index (Phi) is 5.23. The summed E-state index contributed by atoms with van der Waals surface area (Å²) in [4.78, 5) is 14.1. The first-order valence-corrected chi connectivity index (χ1v) is 7.62. The highest BCUT2D eigenvalue weighted by atomic mass is 16.5. The van der Waals surface area contributed by atoms with Crippen LogP contribution in [0.1, 0.15) is 44.0 Å². The van der Waals surface area contributed by atoms with Gasteiger partial charge in [-0.1, -0.05) is 0 Å². The Hall–Kier alpha value is -1.55. The van der Waals surface area contributed by atoms with Crippen molar-refractivity contribution in [2.45, 2.75) is 39.2 Å². The van der Waals surface area contributed by atoms with Crippen molar-refractivity contribution in [1.29, 1.82) is 0 Å². The average molecular weight is 291 g/mol. The normalized spacial score (nSPS) is 15.3. The predicted octanol–water partition coefficient (Wildman–Crippen LogP) is 3.12. The first-order valence-electron chi connectivity index (χ1n) is 7.62. The second-order valence-electron chi connectivity index (χ2n) is 6.33. The van der Waals surface area contributed by atoms with E-state index in [1.54, 1.807) is 0 Å². The molecule has 0 bridgehead atoms. The molecule has 1 saturated heterocycles. The number of hydrogen-bond donors (Lipinski definition) is 0.